The van der Waals surface area contributed by atoms with E-state index < -0.39 is 0 Å². The van der Waals surface area contributed by atoms with Crippen LogP contribution >= 0.6 is 15.9 Å². The predicted molar refractivity (Wildman–Crippen MR) is 71.6 cm³/mol. The summed E-state index contributed by atoms with van der Waals surface area (Å²) in [6.45, 7) is 0. The molecular weight excluding hydrogens is 297 g/mol. The molecule has 0 aliphatic carbocycles. The molecule has 0 amide bonds. The smallest absolute Gasteiger partial charge is 0.152 e. The van der Waals surface area contributed by atoms with Gasteiger partial charge in [0.15, 0.2) is 5.82 Å². The lowest BCUT2D eigenvalue weighted by atomic mass is 10.2. The molecule has 3 nitrogen and oxygen atoms in total. The Morgan fingerprint density at radius 3 is 2.89 bits per heavy atom. The van der Waals surface area contributed by atoms with Crippen LogP contribution in [0.5, 0.6) is 0 Å². The maximum absolute atomic E-state index is 13.7. The molecule has 5 heteroatoms. The molecule has 0 saturated heterocycles. The van der Waals surface area contributed by atoms with Gasteiger partial charge in [-0.05, 0) is 24.3 Å². The Morgan fingerprint density at radius 1 is 1.28 bits per heavy atom. The summed E-state index contributed by atoms with van der Waals surface area (Å²) in [5, 5.41) is 0. The second-order valence-corrected chi connectivity index (χ2v) is 4.90. The summed E-state index contributed by atoms with van der Waals surface area (Å²) in [5.41, 5.74) is 2.25. The van der Waals surface area contributed by atoms with Crippen LogP contribution in [0.25, 0.3) is 22.4 Å². The first-order chi connectivity index (χ1) is 8.66. The van der Waals surface area contributed by atoms with Crippen molar-refractivity contribution in [3.8, 4) is 11.4 Å². The van der Waals surface area contributed by atoms with Crippen molar-refractivity contribution < 1.29 is 4.39 Å². The Morgan fingerprint density at radius 2 is 2.11 bits per heavy atom. The Labute approximate surface area is 111 Å². The molecule has 0 aliphatic heterocycles. The maximum Gasteiger partial charge on any atom is 0.152 e. The Bertz CT molecular complexity index is 736. The van der Waals surface area contributed by atoms with E-state index in [9.17, 15) is 4.39 Å². The molecule has 1 aromatic carbocycles. The van der Waals surface area contributed by atoms with Gasteiger partial charge in [-0.1, -0.05) is 15.9 Å². The van der Waals surface area contributed by atoms with Crippen LogP contribution in [0.3, 0.4) is 0 Å². The first kappa shape index (κ1) is 11.3. The molecule has 0 fully saturated rings. The molecule has 0 radical (unpaired) electrons. The van der Waals surface area contributed by atoms with Gasteiger partial charge in [0.2, 0.25) is 0 Å². The van der Waals surface area contributed by atoms with E-state index in [1.807, 2.05) is 29.8 Å². The third kappa shape index (κ3) is 1.71. The number of nitrogens with zero attached hydrogens (tertiary/aromatic N) is 3. The highest BCUT2D eigenvalue weighted by atomic mass is 79.9. The van der Waals surface area contributed by atoms with Gasteiger partial charge in [0, 0.05) is 17.7 Å². The van der Waals surface area contributed by atoms with Crippen molar-refractivity contribution in [3.63, 3.8) is 0 Å². The Hall–Kier alpha value is -1.75. The number of rotatable bonds is 1. The first-order valence-corrected chi connectivity index (χ1v) is 6.18. The van der Waals surface area contributed by atoms with Crippen LogP contribution < -0.4 is 0 Å². The van der Waals surface area contributed by atoms with E-state index in [-0.39, 0.29) is 5.82 Å². The minimum Gasteiger partial charge on any atom is -0.327 e. The number of aromatic nitrogens is 3. The first-order valence-electron chi connectivity index (χ1n) is 5.38. The van der Waals surface area contributed by atoms with Crippen molar-refractivity contribution in [2.24, 2.45) is 7.05 Å². The number of pyridine rings is 1. The zero-order valence-corrected chi connectivity index (χ0v) is 11.1. The predicted octanol–water partition coefficient (Wildman–Crippen LogP) is 3.54. The summed E-state index contributed by atoms with van der Waals surface area (Å²) < 4.78 is 16.6. The molecule has 90 valence electrons. The van der Waals surface area contributed by atoms with Gasteiger partial charge in [-0.15, -0.1) is 0 Å². The number of hydrogen-bond donors (Lipinski definition) is 0. The molecule has 0 atom stereocenters. The molecule has 0 unspecified atom stereocenters. The van der Waals surface area contributed by atoms with E-state index >= 15 is 0 Å². The molecule has 0 N–H and O–H groups in total. The van der Waals surface area contributed by atoms with Crippen molar-refractivity contribution in [1.29, 1.82) is 0 Å². The van der Waals surface area contributed by atoms with Gasteiger partial charge in [0.05, 0.1) is 22.8 Å². The highest BCUT2D eigenvalue weighted by Gasteiger charge is 2.13. The molecular formula is C13H9BrFN3. The number of aryl methyl sites for hydroxylation is 1. The lowest BCUT2D eigenvalue weighted by Gasteiger charge is -2.02. The summed E-state index contributed by atoms with van der Waals surface area (Å²) >= 11 is 3.40. The summed E-state index contributed by atoms with van der Waals surface area (Å²) in [6.07, 6.45) is 2.76. The molecule has 0 spiro atoms. The van der Waals surface area contributed by atoms with Crippen LogP contribution in [0.15, 0.2) is 41.1 Å². The minimum absolute atomic E-state index is 0.366. The third-order valence-corrected chi connectivity index (χ3v) is 3.35. The van der Waals surface area contributed by atoms with Gasteiger partial charge in [-0.25, -0.2) is 9.37 Å². The van der Waals surface area contributed by atoms with E-state index in [1.165, 1.54) is 6.20 Å². The van der Waals surface area contributed by atoms with Crippen LogP contribution in [0.2, 0.25) is 0 Å². The molecule has 3 rings (SSSR count). The molecule has 18 heavy (non-hydrogen) atoms. The van der Waals surface area contributed by atoms with E-state index in [0.29, 0.717) is 11.4 Å². The average Bonchev–Trinajstić information content (AvgIpc) is 2.67. The second-order valence-electron chi connectivity index (χ2n) is 3.98. The Kier molecular flexibility index (Phi) is 2.63. The minimum atomic E-state index is -0.366. The van der Waals surface area contributed by atoms with E-state index in [4.69, 9.17) is 0 Å². The molecule has 2 heterocycles. The topological polar surface area (TPSA) is 30.7 Å². The number of halogens is 2. The number of benzene rings is 1. The Balaban J connectivity index is 2.31. The molecule has 2 aromatic heterocycles. The third-order valence-electron chi connectivity index (χ3n) is 2.86. The zero-order valence-electron chi connectivity index (χ0n) is 9.56. The highest BCUT2D eigenvalue weighted by Crippen LogP contribution is 2.26. The standard InChI is InChI=1S/C13H9BrFN3/c1-18-12-3-2-8(14)6-11(12)17-13(18)9-4-5-16-7-10(9)15/h2-7H,1H3. The fraction of sp³-hybridized carbons (Fsp3) is 0.0769. The van der Waals surface area contributed by atoms with Gasteiger partial charge in [-0.3, -0.25) is 4.98 Å². The monoisotopic (exact) mass is 305 g/mol. The lowest BCUT2D eigenvalue weighted by Crippen LogP contribution is -1.95. The highest BCUT2D eigenvalue weighted by molar-refractivity contribution is 9.10. The van der Waals surface area contributed by atoms with Gasteiger partial charge in [0.1, 0.15) is 5.82 Å². The summed E-state index contributed by atoms with van der Waals surface area (Å²) in [4.78, 5) is 8.22. The van der Waals surface area contributed by atoms with Crippen molar-refractivity contribution in [2.75, 3.05) is 0 Å². The van der Waals surface area contributed by atoms with Crippen LogP contribution in [0.1, 0.15) is 0 Å². The zero-order chi connectivity index (χ0) is 12.7. The number of imidazole rings is 1. The van der Waals surface area contributed by atoms with Crippen molar-refractivity contribution in [3.05, 3.63) is 46.9 Å². The van der Waals surface area contributed by atoms with Gasteiger partial charge in [-0.2, -0.15) is 0 Å². The maximum atomic E-state index is 13.7. The van der Waals surface area contributed by atoms with Crippen molar-refractivity contribution >= 4 is 27.0 Å². The summed E-state index contributed by atoms with van der Waals surface area (Å²) in [5.74, 6) is 0.234. The molecule has 3 aromatic rings. The van der Waals surface area contributed by atoms with Gasteiger partial charge < -0.3 is 4.57 Å². The van der Waals surface area contributed by atoms with E-state index in [2.05, 4.69) is 25.9 Å². The van der Waals surface area contributed by atoms with Crippen molar-refractivity contribution in [2.45, 2.75) is 0 Å². The second kappa shape index (κ2) is 4.17. The summed E-state index contributed by atoms with van der Waals surface area (Å²) in [6, 6.07) is 7.44. The fourth-order valence-electron chi connectivity index (χ4n) is 1.97. The normalized spacial score (nSPS) is 11.1. The molecule has 0 aliphatic rings. The van der Waals surface area contributed by atoms with Crippen LogP contribution in [-0.2, 0) is 7.05 Å². The SMILES string of the molecule is Cn1c(-c2ccncc2F)nc2cc(Br)ccc21. The molecule has 0 bridgehead atoms. The van der Waals surface area contributed by atoms with Gasteiger partial charge in [0.25, 0.3) is 0 Å². The molecule has 0 saturated carbocycles. The lowest BCUT2D eigenvalue weighted by molar-refractivity contribution is 0.622. The van der Waals surface area contributed by atoms with E-state index in [0.717, 1.165) is 15.5 Å². The average molecular weight is 306 g/mol. The quantitative estimate of drug-likeness (QED) is 0.688. The number of hydrogen-bond acceptors (Lipinski definition) is 2. The fourth-order valence-corrected chi connectivity index (χ4v) is 2.32. The van der Waals surface area contributed by atoms with Crippen LogP contribution in [0.4, 0.5) is 4.39 Å². The van der Waals surface area contributed by atoms with Gasteiger partial charge >= 0.3 is 0 Å². The van der Waals surface area contributed by atoms with Crippen molar-refractivity contribution in [1.82, 2.24) is 14.5 Å². The largest absolute Gasteiger partial charge is 0.327 e. The number of fused-ring (bicyclic) bond motifs is 1. The van der Waals surface area contributed by atoms with Crippen LogP contribution in [0, 0.1) is 5.82 Å². The van der Waals surface area contributed by atoms with Crippen LogP contribution in [-0.4, -0.2) is 14.5 Å². The van der Waals surface area contributed by atoms with E-state index in [1.54, 1.807) is 12.3 Å². The summed E-state index contributed by atoms with van der Waals surface area (Å²) in [7, 11) is 1.87.